The first-order chi connectivity index (χ1) is 9.15. The largest absolute Gasteiger partial charge is 0.0654 e. The summed E-state index contributed by atoms with van der Waals surface area (Å²) in [5.41, 5.74) is 8.51. The Bertz CT molecular complexity index is 564. The van der Waals surface area contributed by atoms with Crippen LogP contribution in [-0.2, 0) is 6.42 Å². The molecule has 0 saturated carbocycles. The maximum absolute atomic E-state index is 2.32. The fourth-order valence-corrected chi connectivity index (χ4v) is 2.68. The molecule has 0 aliphatic carbocycles. The summed E-state index contributed by atoms with van der Waals surface area (Å²) in [6.07, 6.45) is 3.75. The van der Waals surface area contributed by atoms with E-state index in [0.717, 1.165) is 0 Å². The molecule has 2 rings (SSSR count). The molecule has 19 heavy (non-hydrogen) atoms. The smallest absolute Gasteiger partial charge is 0.0149 e. The summed E-state index contributed by atoms with van der Waals surface area (Å²) in [4.78, 5) is 0. The third kappa shape index (κ3) is 2.89. The average molecular weight is 252 g/mol. The maximum atomic E-state index is 2.32. The van der Waals surface area contributed by atoms with Gasteiger partial charge in [0.05, 0.1) is 0 Å². The Labute approximate surface area is 117 Å². The highest BCUT2D eigenvalue weighted by Gasteiger charge is 2.09. The van der Waals surface area contributed by atoms with Gasteiger partial charge in [-0.05, 0) is 67.0 Å². The van der Waals surface area contributed by atoms with Crippen LogP contribution in [-0.4, -0.2) is 0 Å². The Kier molecular flexibility index (Phi) is 4.42. The zero-order chi connectivity index (χ0) is 13.8. The zero-order valence-corrected chi connectivity index (χ0v) is 12.6. The standard InChI is InChI=1S/C19H24/c1-5-6-10-17-12-13-19(16(4)15(17)3)18-11-8-7-9-14(18)2/h7-9,11-13H,5-6,10H2,1-4H3. The van der Waals surface area contributed by atoms with Crippen molar-refractivity contribution >= 4 is 0 Å². The molecule has 2 aromatic carbocycles. The summed E-state index contributed by atoms with van der Waals surface area (Å²) in [5, 5.41) is 0. The quantitative estimate of drug-likeness (QED) is 0.662. The molecule has 0 heterocycles. The van der Waals surface area contributed by atoms with Crippen molar-refractivity contribution < 1.29 is 0 Å². The molecule has 0 heteroatoms. The molecule has 0 saturated heterocycles. The van der Waals surface area contributed by atoms with Crippen molar-refractivity contribution in [2.24, 2.45) is 0 Å². The maximum Gasteiger partial charge on any atom is -0.0149 e. The van der Waals surface area contributed by atoms with Crippen LogP contribution in [0.25, 0.3) is 11.1 Å². The fourth-order valence-electron chi connectivity index (χ4n) is 2.68. The van der Waals surface area contributed by atoms with E-state index >= 15 is 0 Å². The van der Waals surface area contributed by atoms with Gasteiger partial charge in [0.2, 0.25) is 0 Å². The third-order valence-corrected chi connectivity index (χ3v) is 4.13. The number of hydrogen-bond donors (Lipinski definition) is 0. The predicted octanol–water partition coefficient (Wildman–Crippen LogP) is 5.62. The molecular formula is C19H24. The van der Waals surface area contributed by atoms with Crippen LogP contribution in [0.1, 0.15) is 42.0 Å². The lowest BCUT2D eigenvalue weighted by Crippen LogP contribution is -1.96. The van der Waals surface area contributed by atoms with Crippen LogP contribution in [0.2, 0.25) is 0 Å². The second-order valence-corrected chi connectivity index (χ2v) is 5.44. The van der Waals surface area contributed by atoms with Crippen LogP contribution in [0.15, 0.2) is 36.4 Å². The van der Waals surface area contributed by atoms with Gasteiger partial charge in [0.25, 0.3) is 0 Å². The van der Waals surface area contributed by atoms with E-state index < -0.39 is 0 Å². The summed E-state index contributed by atoms with van der Waals surface area (Å²) >= 11 is 0. The first-order valence-corrected chi connectivity index (χ1v) is 7.30. The molecule has 0 unspecified atom stereocenters. The molecule has 0 amide bonds. The number of hydrogen-bond acceptors (Lipinski definition) is 0. The van der Waals surface area contributed by atoms with Crippen LogP contribution in [0.4, 0.5) is 0 Å². The summed E-state index contributed by atoms with van der Waals surface area (Å²) < 4.78 is 0. The molecule has 100 valence electrons. The van der Waals surface area contributed by atoms with E-state index in [1.165, 1.54) is 52.6 Å². The number of unbranched alkanes of at least 4 members (excludes halogenated alkanes) is 1. The summed E-state index contributed by atoms with van der Waals surface area (Å²) in [6, 6.07) is 13.3. The van der Waals surface area contributed by atoms with Gasteiger partial charge in [-0.1, -0.05) is 49.7 Å². The second kappa shape index (κ2) is 6.06. The van der Waals surface area contributed by atoms with E-state index in [2.05, 4.69) is 64.1 Å². The highest BCUT2D eigenvalue weighted by atomic mass is 14.1. The van der Waals surface area contributed by atoms with Gasteiger partial charge in [0.1, 0.15) is 0 Å². The zero-order valence-electron chi connectivity index (χ0n) is 12.6. The number of rotatable bonds is 4. The lowest BCUT2D eigenvalue weighted by Gasteiger charge is -2.15. The molecule has 0 aromatic heterocycles. The first-order valence-electron chi connectivity index (χ1n) is 7.30. The molecule has 0 atom stereocenters. The molecule has 0 aliphatic heterocycles. The van der Waals surface area contributed by atoms with E-state index in [4.69, 9.17) is 0 Å². The summed E-state index contributed by atoms with van der Waals surface area (Å²) in [7, 11) is 0. The number of aryl methyl sites for hydroxylation is 2. The summed E-state index contributed by atoms with van der Waals surface area (Å²) in [5.74, 6) is 0. The van der Waals surface area contributed by atoms with Gasteiger partial charge in [0.15, 0.2) is 0 Å². The molecule has 0 aliphatic rings. The Hall–Kier alpha value is -1.56. The van der Waals surface area contributed by atoms with E-state index in [9.17, 15) is 0 Å². The van der Waals surface area contributed by atoms with Crippen molar-refractivity contribution in [2.75, 3.05) is 0 Å². The molecular weight excluding hydrogens is 228 g/mol. The second-order valence-electron chi connectivity index (χ2n) is 5.44. The topological polar surface area (TPSA) is 0 Å². The third-order valence-electron chi connectivity index (χ3n) is 4.13. The van der Waals surface area contributed by atoms with Crippen molar-refractivity contribution in [3.05, 3.63) is 58.7 Å². The van der Waals surface area contributed by atoms with Crippen LogP contribution < -0.4 is 0 Å². The van der Waals surface area contributed by atoms with Gasteiger partial charge >= 0.3 is 0 Å². The normalized spacial score (nSPS) is 10.7. The van der Waals surface area contributed by atoms with E-state index in [-0.39, 0.29) is 0 Å². The Morgan fingerprint density at radius 3 is 2.21 bits per heavy atom. The fraction of sp³-hybridized carbons (Fsp3) is 0.368. The van der Waals surface area contributed by atoms with Crippen LogP contribution in [0.3, 0.4) is 0 Å². The number of benzene rings is 2. The molecule has 0 spiro atoms. The Morgan fingerprint density at radius 1 is 0.789 bits per heavy atom. The van der Waals surface area contributed by atoms with Crippen LogP contribution in [0.5, 0.6) is 0 Å². The van der Waals surface area contributed by atoms with E-state index in [0.29, 0.717) is 0 Å². The van der Waals surface area contributed by atoms with Crippen molar-refractivity contribution in [3.8, 4) is 11.1 Å². The van der Waals surface area contributed by atoms with Gasteiger partial charge < -0.3 is 0 Å². The van der Waals surface area contributed by atoms with Crippen molar-refractivity contribution in [1.29, 1.82) is 0 Å². The lowest BCUT2D eigenvalue weighted by atomic mass is 9.90. The average Bonchev–Trinajstić information content (AvgIpc) is 2.42. The van der Waals surface area contributed by atoms with Crippen LogP contribution in [0, 0.1) is 20.8 Å². The van der Waals surface area contributed by atoms with E-state index in [1.807, 2.05) is 0 Å². The lowest BCUT2D eigenvalue weighted by molar-refractivity contribution is 0.790. The molecule has 0 fully saturated rings. The van der Waals surface area contributed by atoms with Crippen molar-refractivity contribution in [2.45, 2.75) is 47.0 Å². The van der Waals surface area contributed by atoms with Gasteiger partial charge in [-0.15, -0.1) is 0 Å². The Morgan fingerprint density at radius 2 is 1.53 bits per heavy atom. The van der Waals surface area contributed by atoms with Gasteiger partial charge in [-0.2, -0.15) is 0 Å². The monoisotopic (exact) mass is 252 g/mol. The predicted molar refractivity (Wildman–Crippen MR) is 84.7 cm³/mol. The summed E-state index contributed by atoms with van der Waals surface area (Å²) in [6.45, 7) is 8.97. The molecule has 0 nitrogen and oxygen atoms in total. The minimum absolute atomic E-state index is 1.21. The minimum Gasteiger partial charge on any atom is -0.0654 e. The van der Waals surface area contributed by atoms with Gasteiger partial charge in [-0.25, -0.2) is 0 Å². The minimum atomic E-state index is 1.21. The Balaban J connectivity index is 2.44. The van der Waals surface area contributed by atoms with Gasteiger partial charge in [0, 0.05) is 0 Å². The van der Waals surface area contributed by atoms with Crippen LogP contribution >= 0.6 is 0 Å². The molecule has 0 bridgehead atoms. The highest BCUT2D eigenvalue weighted by Crippen LogP contribution is 2.30. The SMILES string of the molecule is CCCCc1ccc(-c2ccccc2C)c(C)c1C. The molecule has 0 radical (unpaired) electrons. The van der Waals surface area contributed by atoms with Gasteiger partial charge in [-0.3, -0.25) is 0 Å². The van der Waals surface area contributed by atoms with E-state index in [1.54, 1.807) is 0 Å². The highest BCUT2D eigenvalue weighted by molar-refractivity contribution is 5.72. The first kappa shape index (κ1) is 13.9. The molecule has 2 aromatic rings. The van der Waals surface area contributed by atoms with Crippen molar-refractivity contribution in [1.82, 2.24) is 0 Å². The van der Waals surface area contributed by atoms with Crippen molar-refractivity contribution in [3.63, 3.8) is 0 Å². The molecule has 0 N–H and O–H groups in total.